The maximum Gasteiger partial charge on any atom is 0.253 e. The van der Waals surface area contributed by atoms with Crippen LogP contribution in [0.4, 0.5) is 0 Å². The fraction of sp³-hybridized carbons (Fsp3) is 0.471. The zero-order valence-corrected chi connectivity index (χ0v) is 14.0. The van der Waals surface area contributed by atoms with Crippen molar-refractivity contribution in [3.8, 4) is 6.07 Å². The molecule has 0 bridgehead atoms. The number of carbonyl (C=O) groups is 3. The summed E-state index contributed by atoms with van der Waals surface area (Å²) in [4.78, 5) is 39.6. The summed E-state index contributed by atoms with van der Waals surface area (Å²) in [6, 6.07) is 4.55. The molecule has 2 heterocycles. The Labute approximate surface area is 146 Å². The van der Waals surface area contributed by atoms with Gasteiger partial charge in [0.25, 0.3) is 5.91 Å². The minimum Gasteiger partial charge on any atom is -0.356 e. The van der Waals surface area contributed by atoms with Gasteiger partial charge in [0.2, 0.25) is 11.8 Å². The summed E-state index contributed by atoms with van der Waals surface area (Å²) < 4.78 is 0. The van der Waals surface area contributed by atoms with Gasteiger partial charge in [-0.2, -0.15) is 5.26 Å². The Morgan fingerprint density at radius 1 is 1.48 bits per heavy atom. The van der Waals surface area contributed by atoms with Crippen LogP contribution in [0.25, 0.3) is 0 Å². The lowest BCUT2D eigenvalue weighted by molar-refractivity contribution is -0.127. The van der Waals surface area contributed by atoms with Crippen LogP contribution >= 0.6 is 0 Å². The van der Waals surface area contributed by atoms with Crippen LogP contribution in [0.3, 0.4) is 0 Å². The summed E-state index contributed by atoms with van der Waals surface area (Å²) in [5, 5.41) is 17.0. The fourth-order valence-electron chi connectivity index (χ4n) is 2.60. The van der Waals surface area contributed by atoms with E-state index < -0.39 is 17.9 Å². The SMILES string of the molecule is Cc1ccc(C(=O)NCC(=O)NC(C#N)C[C@@H]2CCCNC2=O)cn1. The van der Waals surface area contributed by atoms with E-state index in [0.29, 0.717) is 18.5 Å². The van der Waals surface area contributed by atoms with E-state index in [2.05, 4.69) is 20.9 Å². The van der Waals surface area contributed by atoms with Crippen molar-refractivity contribution >= 4 is 17.7 Å². The van der Waals surface area contributed by atoms with Gasteiger partial charge in [0.05, 0.1) is 18.2 Å². The standard InChI is InChI=1S/C17H21N5O3/c1-11-4-5-13(9-20-11)17(25)21-10-15(23)22-14(8-18)7-12-3-2-6-19-16(12)24/h4-5,9,12,14H,2-3,6-7,10H2,1H3,(H,19,24)(H,21,25)(H,22,23)/t12-,14?/m0/s1. The molecule has 0 radical (unpaired) electrons. The van der Waals surface area contributed by atoms with Gasteiger partial charge in [-0.15, -0.1) is 0 Å². The molecule has 0 aliphatic carbocycles. The molecule has 0 saturated carbocycles. The number of nitrogens with one attached hydrogen (secondary N) is 3. The number of piperidine rings is 1. The lowest BCUT2D eigenvalue weighted by Gasteiger charge is -2.23. The fourth-order valence-corrected chi connectivity index (χ4v) is 2.60. The van der Waals surface area contributed by atoms with E-state index >= 15 is 0 Å². The van der Waals surface area contributed by atoms with E-state index in [4.69, 9.17) is 0 Å². The highest BCUT2D eigenvalue weighted by Gasteiger charge is 2.26. The molecule has 1 unspecified atom stereocenters. The Bertz CT molecular complexity index is 681. The molecule has 1 saturated heterocycles. The summed E-state index contributed by atoms with van der Waals surface area (Å²) in [7, 11) is 0. The zero-order chi connectivity index (χ0) is 18.2. The van der Waals surface area contributed by atoms with Gasteiger partial charge in [-0.25, -0.2) is 0 Å². The van der Waals surface area contributed by atoms with E-state index in [9.17, 15) is 19.6 Å². The number of pyridine rings is 1. The van der Waals surface area contributed by atoms with Crippen LogP contribution in [-0.2, 0) is 9.59 Å². The summed E-state index contributed by atoms with van der Waals surface area (Å²) in [6.45, 7) is 2.21. The van der Waals surface area contributed by atoms with Crippen molar-refractivity contribution in [2.24, 2.45) is 5.92 Å². The van der Waals surface area contributed by atoms with E-state index in [0.717, 1.165) is 12.1 Å². The summed E-state index contributed by atoms with van der Waals surface area (Å²) >= 11 is 0. The minimum absolute atomic E-state index is 0.0825. The number of aromatic nitrogens is 1. The molecule has 25 heavy (non-hydrogen) atoms. The van der Waals surface area contributed by atoms with Crippen molar-refractivity contribution in [1.82, 2.24) is 20.9 Å². The number of nitriles is 1. The highest BCUT2D eigenvalue weighted by Crippen LogP contribution is 2.17. The third kappa shape index (κ3) is 5.57. The summed E-state index contributed by atoms with van der Waals surface area (Å²) in [6.07, 6.45) is 3.27. The third-order valence-corrected chi connectivity index (χ3v) is 3.99. The first-order valence-corrected chi connectivity index (χ1v) is 8.17. The van der Waals surface area contributed by atoms with Gasteiger partial charge in [-0.3, -0.25) is 19.4 Å². The molecule has 1 fully saturated rings. The van der Waals surface area contributed by atoms with Gasteiger partial charge in [0.1, 0.15) is 6.04 Å². The molecule has 132 valence electrons. The van der Waals surface area contributed by atoms with Crippen LogP contribution in [0.15, 0.2) is 18.3 Å². The van der Waals surface area contributed by atoms with Crippen LogP contribution in [-0.4, -0.2) is 41.8 Å². The largest absolute Gasteiger partial charge is 0.356 e. The highest BCUT2D eigenvalue weighted by molar-refractivity contribution is 5.96. The second kappa shape index (κ2) is 8.78. The Morgan fingerprint density at radius 3 is 2.92 bits per heavy atom. The molecule has 2 atom stereocenters. The first kappa shape index (κ1) is 18.4. The third-order valence-electron chi connectivity index (χ3n) is 3.99. The number of carbonyl (C=O) groups excluding carboxylic acids is 3. The Hall–Kier alpha value is -2.95. The van der Waals surface area contributed by atoms with Gasteiger partial charge in [0.15, 0.2) is 0 Å². The lowest BCUT2D eigenvalue weighted by Crippen LogP contribution is -2.44. The van der Waals surface area contributed by atoms with Crippen LogP contribution in [0.1, 0.15) is 35.3 Å². The average molecular weight is 343 g/mol. The van der Waals surface area contributed by atoms with Gasteiger partial charge in [-0.05, 0) is 38.3 Å². The molecule has 1 aliphatic heterocycles. The summed E-state index contributed by atoms with van der Waals surface area (Å²) in [5.74, 6) is -1.24. The van der Waals surface area contributed by atoms with Crippen molar-refractivity contribution < 1.29 is 14.4 Å². The number of aryl methyl sites for hydroxylation is 1. The smallest absolute Gasteiger partial charge is 0.253 e. The Balaban J connectivity index is 1.79. The van der Waals surface area contributed by atoms with Crippen molar-refractivity contribution in [3.63, 3.8) is 0 Å². The van der Waals surface area contributed by atoms with E-state index in [1.807, 2.05) is 13.0 Å². The molecule has 3 N–H and O–H groups in total. The molecule has 1 aromatic rings. The predicted molar refractivity (Wildman–Crippen MR) is 89.2 cm³/mol. The van der Waals surface area contributed by atoms with Crippen molar-refractivity contribution in [2.45, 2.75) is 32.2 Å². The van der Waals surface area contributed by atoms with Crippen LogP contribution < -0.4 is 16.0 Å². The van der Waals surface area contributed by atoms with Crippen molar-refractivity contribution in [3.05, 3.63) is 29.6 Å². The molecule has 8 heteroatoms. The van der Waals surface area contributed by atoms with E-state index in [1.54, 1.807) is 12.1 Å². The molecular weight excluding hydrogens is 322 g/mol. The van der Waals surface area contributed by atoms with Gasteiger partial charge in [0, 0.05) is 24.4 Å². The molecule has 3 amide bonds. The first-order chi connectivity index (χ1) is 12.0. The van der Waals surface area contributed by atoms with Gasteiger partial charge >= 0.3 is 0 Å². The van der Waals surface area contributed by atoms with Crippen molar-refractivity contribution in [1.29, 1.82) is 5.26 Å². The number of rotatable bonds is 6. The Kier molecular flexibility index (Phi) is 6.46. The first-order valence-electron chi connectivity index (χ1n) is 8.17. The molecule has 1 aromatic heterocycles. The monoisotopic (exact) mass is 343 g/mol. The normalized spacial score (nSPS) is 17.8. The number of hydrogen-bond acceptors (Lipinski definition) is 5. The Morgan fingerprint density at radius 2 is 2.28 bits per heavy atom. The molecular formula is C17H21N5O3. The average Bonchev–Trinajstić information content (AvgIpc) is 2.61. The van der Waals surface area contributed by atoms with Crippen LogP contribution in [0.2, 0.25) is 0 Å². The number of nitrogens with zero attached hydrogens (tertiary/aromatic N) is 2. The second-order valence-electron chi connectivity index (χ2n) is 5.99. The van der Waals surface area contributed by atoms with Gasteiger partial charge < -0.3 is 16.0 Å². The number of hydrogen-bond donors (Lipinski definition) is 3. The minimum atomic E-state index is -0.765. The molecule has 0 aromatic carbocycles. The number of amides is 3. The molecule has 0 spiro atoms. The second-order valence-corrected chi connectivity index (χ2v) is 5.99. The van der Waals surface area contributed by atoms with Crippen LogP contribution in [0, 0.1) is 24.2 Å². The van der Waals surface area contributed by atoms with E-state index in [1.165, 1.54) is 6.20 Å². The van der Waals surface area contributed by atoms with Gasteiger partial charge in [-0.1, -0.05) is 0 Å². The summed E-state index contributed by atoms with van der Waals surface area (Å²) in [5.41, 5.74) is 1.15. The quantitative estimate of drug-likeness (QED) is 0.673. The topological polar surface area (TPSA) is 124 Å². The molecule has 8 nitrogen and oxygen atoms in total. The molecule has 2 rings (SSSR count). The van der Waals surface area contributed by atoms with Crippen LogP contribution in [0.5, 0.6) is 0 Å². The van der Waals surface area contributed by atoms with E-state index in [-0.39, 0.29) is 24.8 Å². The predicted octanol–water partition coefficient (Wildman–Crippen LogP) is 0.0445. The van der Waals surface area contributed by atoms with Crippen molar-refractivity contribution in [2.75, 3.05) is 13.1 Å². The maximum atomic E-state index is 11.9. The maximum absolute atomic E-state index is 11.9. The highest BCUT2D eigenvalue weighted by atomic mass is 16.2. The molecule has 1 aliphatic rings. The zero-order valence-electron chi connectivity index (χ0n) is 14.0. The lowest BCUT2D eigenvalue weighted by atomic mass is 9.92.